The first-order valence-corrected chi connectivity index (χ1v) is 11.5. The molecule has 0 amide bonds. The number of fused-ring (bicyclic) bond motifs is 1. The number of aromatic nitrogens is 1. The summed E-state index contributed by atoms with van der Waals surface area (Å²) >= 11 is 3.55. The molecule has 0 radical (unpaired) electrons. The van der Waals surface area contributed by atoms with Gasteiger partial charge in [0.1, 0.15) is 0 Å². The van der Waals surface area contributed by atoms with Crippen LogP contribution in [0.4, 0.5) is 5.13 Å². The molecule has 28 heavy (non-hydrogen) atoms. The molecule has 0 fully saturated rings. The third-order valence-corrected chi connectivity index (χ3v) is 7.08. The molecule has 1 aliphatic heterocycles. The van der Waals surface area contributed by atoms with Gasteiger partial charge in [-0.05, 0) is 23.6 Å². The van der Waals surface area contributed by atoms with Crippen LogP contribution in [0.1, 0.15) is 21.7 Å². The summed E-state index contributed by atoms with van der Waals surface area (Å²) in [5.41, 5.74) is 9.71. The largest absolute Gasteiger partial charge is 0.375 e. The second kappa shape index (κ2) is 9.41. The van der Waals surface area contributed by atoms with Crippen LogP contribution in [0.15, 0.2) is 65.6 Å². The Morgan fingerprint density at radius 3 is 2.71 bits per heavy atom. The molecule has 2 aromatic carbocycles. The molecule has 0 unspecified atom stereocenters. The number of thiazole rings is 1. The summed E-state index contributed by atoms with van der Waals surface area (Å²) < 4.78 is 0. The molecule has 1 aromatic heterocycles. The quantitative estimate of drug-likeness (QED) is 0.575. The van der Waals surface area contributed by atoms with E-state index >= 15 is 0 Å². The van der Waals surface area contributed by atoms with Crippen LogP contribution in [0.25, 0.3) is 6.08 Å². The van der Waals surface area contributed by atoms with Gasteiger partial charge >= 0.3 is 0 Å². The Bertz CT molecular complexity index is 909. The predicted octanol–water partition coefficient (Wildman–Crippen LogP) is 5.13. The second-order valence-electron chi connectivity index (χ2n) is 6.94. The van der Waals surface area contributed by atoms with Crippen LogP contribution in [0.3, 0.4) is 0 Å². The van der Waals surface area contributed by atoms with Crippen LogP contribution in [0.2, 0.25) is 0 Å². The van der Waals surface area contributed by atoms with Gasteiger partial charge in [0.15, 0.2) is 5.13 Å². The lowest BCUT2D eigenvalue weighted by Crippen LogP contribution is -2.26. The van der Waals surface area contributed by atoms with Crippen molar-refractivity contribution >= 4 is 34.3 Å². The molecule has 3 aromatic rings. The molecule has 2 heterocycles. The van der Waals surface area contributed by atoms with Gasteiger partial charge in [-0.15, -0.1) is 23.1 Å². The van der Waals surface area contributed by atoms with Gasteiger partial charge in [0.05, 0.1) is 5.69 Å². The summed E-state index contributed by atoms with van der Waals surface area (Å²) in [4.78, 5) is 9.68. The van der Waals surface area contributed by atoms with Gasteiger partial charge in [0, 0.05) is 41.6 Å². The number of rotatable bonds is 6. The molecular weight excluding hydrogens is 382 g/mol. The number of thioether (sulfide) groups is 1. The van der Waals surface area contributed by atoms with Crippen molar-refractivity contribution in [2.75, 3.05) is 25.4 Å². The molecular formula is C23H25N3S2. The molecule has 0 saturated heterocycles. The van der Waals surface area contributed by atoms with Crippen LogP contribution in [-0.4, -0.2) is 29.5 Å². The van der Waals surface area contributed by atoms with E-state index in [1.807, 2.05) is 11.8 Å². The molecule has 0 saturated carbocycles. The van der Waals surface area contributed by atoms with Gasteiger partial charge in [-0.2, -0.15) is 0 Å². The summed E-state index contributed by atoms with van der Waals surface area (Å²) in [5, 5.41) is 0.711. The fourth-order valence-corrected chi connectivity index (χ4v) is 5.29. The van der Waals surface area contributed by atoms with Crippen molar-refractivity contribution in [2.24, 2.45) is 0 Å². The third kappa shape index (κ3) is 5.04. The Morgan fingerprint density at radius 2 is 1.82 bits per heavy atom. The molecule has 2 N–H and O–H groups in total. The van der Waals surface area contributed by atoms with Gasteiger partial charge in [-0.25, -0.2) is 4.98 Å². The van der Waals surface area contributed by atoms with Crippen LogP contribution in [-0.2, 0) is 18.6 Å². The van der Waals surface area contributed by atoms with Crippen molar-refractivity contribution in [1.29, 1.82) is 0 Å². The zero-order chi connectivity index (χ0) is 19.2. The average molecular weight is 408 g/mol. The maximum atomic E-state index is 5.85. The standard InChI is InChI=1S/C23H25N3S2/c24-23-25-20-12-15-26(16-13-22(20)28-23)14-6-10-19-9-4-5-11-21(19)27-17-18-7-2-1-3-8-18/h1-11H,12-17H2,(H2,24,25). The number of hydrogen-bond donors (Lipinski definition) is 1. The van der Waals surface area contributed by atoms with Crippen LogP contribution < -0.4 is 5.73 Å². The number of nitrogens with two attached hydrogens (primary N) is 1. The first-order valence-electron chi connectivity index (χ1n) is 9.66. The zero-order valence-electron chi connectivity index (χ0n) is 15.9. The van der Waals surface area contributed by atoms with E-state index in [1.165, 1.54) is 26.6 Å². The van der Waals surface area contributed by atoms with E-state index in [9.17, 15) is 0 Å². The van der Waals surface area contributed by atoms with Crippen molar-refractivity contribution in [1.82, 2.24) is 9.88 Å². The van der Waals surface area contributed by atoms with E-state index in [0.29, 0.717) is 5.13 Å². The van der Waals surface area contributed by atoms with Gasteiger partial charge < -0.3 is 5.73 Å². The Kier molecular flexibility index (Phi) is 6.47. The minimum atomic E-state index is 0.711. The minimum Gasteiger partial charge on any atom is -0.375 e. The molecule has 0 atom stereocenters. The highest BCUT2D eigenvalue weighted by molar-refractivity contribution is 7.98. The van der Waals surface area contributed by atoms with Crippen LogP contribution in [0, 0.1) is 0 Å². The van der Waals surface area contributed by atoms with E-state index in [1.54, 1.807) is 11.3 Å². The van der Waals surface area contributed by atoms with Gasteiger partial charge in [0.2, 0.25) is 0 Å². The lowest BCUT2D eigenvalue weighted by Gasteiger charge is -2.17. The first kappa shape index (κ1) is 19.2. The molecule has 3 nitrogen and oxygen atoms in total. The Labute approximate surface area is 175 Å². The van der Waals surface area contributed by atoms with Crippen molar-refractivity contribution in [3.8, 4) is 0 Å². The van der Waals surface area contributed by atoms with E-state index < -0.39 is 0 Å². The normalized spacial score (nSPS) is 14.9. The number of anilines is 1. The fourth-order valence-electron chi connectivity index (χ4n) is 3.43. The average Bonchev–Trinajstić information content (AvgIpc) is 2.98. The fraction of sp³-hybridized carbons (Fsp3) is 0.261. The summed E-state index contributed by atoms with van der Waals surface area (Å²) in [6.07, 6.45) is 6.62. The SMILES string of the molecule is Nc1nc2c(s1)CCN(CC=Cc1ccccc1SCc1ccccc1)CC2. The van der Waals surface area contributed by atoms with Gasteiger partial charge in [0.25, 0.3) is 0 Å². The number of nitrogens with zero attached hydrogens (tertiary/aromatic N) is 2. The Balaban J connectivity index is 1.34. The highest BCUT2D eigenvalue weighted by Crippen LogP contribution is 2.27. The topological polar surface area (TPSA) is 42.1 Å². The van der Waals surface area contributed by atoms with Crippen molar-refractivity contribution < 1.29 is 0 Å². The Hall–Kier alpha value is -2.08. The van der Waals surface area contributed by atoms with E-state index in [2.05, 4.69) is 76.6 Å². The first-order chi connectivity index (χ1) is 13.8. The van der Waals surface area contributed by atoms with Crippen molar-refractivity contribution in [3.05, 3.63) is 82.4 Å². The molecule has 0 spiro atoms. The third-order valence-electron chi connectivity index (χ3n) is 4.93. The number of nitrogen functional groups attached to an aromatic ring is 1. The second-order valence-corrected chi connectivity index (χ2v) is 9.07. The lowest BCUT2D eigenvalue weighted by molar-refractivity contribution is 0.318. The van der Waals surface area contributed by atoms with Crippen LogP contribution in [0.5, 0.6) is 0 Å². The van der Waals surface area contributed by atoms with Gasteiger partial charge in [-0.1, -0.05) is 60.7 Å². The smallest absolute Gasteiger partial charge is 0.180 e. The summed E-state index contributed by atoms with van der Waals surface area (Å²) in [6, 6.07) is 19.3. The summed E-state index contributed by atoms with van der Waals surface area (Å²) in [6.45, 7) is 3.09. The van der Waals surface area contributed by atoms with E-state index in [-0.39, 0.29) is 0 Å². The molecule has 5 heteroatoms. The van der Waals surface area contributed by atoms with E-state index in [4.69, 9.17) is 5.73 Å². The number of hydrogen-bond acceptors (Lipinski definition) is 5. The molecule has 0 bridgehead atoms. The molecule has 0 aliphatic carbocycles. The summed E-state index contributed by atoms with van der Waals surface area (Å²) in [5.74, 6) is 0.996. The van der Waals surface area contributed by atoms with Crippen molar-refractivity contribution in [3.63, 3.8) is 0 Å². The monoisotopic (exact) mass is 407 g/mol. The summed E-state index contributed by atoms with van der Waals surface area (Å²) in [7, 11) is 0. The highest BCUT2D eigenvalue weighted by Gasteiger charge is 2.16. The van der Waals surface area contributed by atoms with Crippen LogP contribution >= 0.6 is 23.1 Å². The zero-order valence-corrected chi connectivity index (χ0v) is 17.5. The minimum absolute atomic E-state index is 0.711. The lowest BCUT2D eigenvalue weighted by atomic mass is 10.2. The molecule has 144 valence electrons. The predicted molar refractivity (Wildman–Crippen MR) is 122 cm³/mol. The maximum Gasteiger partial charge on any atom is 0.180 e. The molecule has 1 aliphatic rings. The van der Waals surface area contributed by atoms with Gasteiger partial charge in [-0.3, -0.25) is 4.90 Å². The van der Waals surface area contributed by atoms with Crippen molar-refractivity contribution in [2.45, 2.75) is 23.5 Å². The maximum absolute atomic E-state index is 5.85. The highest BCUT2D eigenvalue weighted by atomic mass is 32.2. The molecule has 4 rings (SSSR count). The Morgan fingerprint density at radius 1 is 1.04 bits per heavy atom. The number of benzene rings is 2. The van der Waals surface area contributed by atoms with E-state index in [0.717, 1.165) is 38.2 Å².